The van der Waals surface area contributed by atoms with Crippen molar-refractivity contribution in [2.75, 3.05) is 26.0 Å². The number of anilines is 1. The molecule has 0 atom stereocenters. The third kappa shape index (κ3) is 4.55. The number of rotatable bonds is 6. The summed E-state index contributed by atoms with van der Waals surface area (Å²) in [4.78, 5) is 11.8. The summed E-state index contributed by atoms with van der Waals surface area (Å²) in [5.74, 6) is -9.10. The molecule has 0 aromatic heterocycles. The summed E-state index contributed by atoms with van der Waals surface area (Å²) < 4.78 is 82.4. The first-order valence-electron chi connectivity index (χ1n) is 7.32. The highest BCUT2D eigenvalue weighted by Crippen LogP contribution is 2.26. The van der Waals surface area contributed by atoms with Gasteiger partial charge in [0.05, 0.1) is 4.90 Å². The van der Waals surface area contributed by atoms with Gasteiger partial charge in [-0.05, 0) is 24.3 Å². The second-order valence-electron chi connectivity index (χ2n) is 5.45. The largest absolute Gasteiger partial charge is 0.477 e. The quantitative estimate of drug-likeness (QED) is 0.591. The van der Waals surface area contributed by atoms with Gasteiger partial charge in [0, 0.05) is 25.8 Å². The molecule has 11 heteroatoms. The van der Waals surface area contributed by atoms with Gasteiger partial charge in [0.1, 0.15) is 0 Å². The SMILES string of the molecule is CN(C)S(=O)(=O)c1ccc(NC(=O)COc2c(F)c(F)cc(F)c2F)cc1. The summed E-state index contributed by atoms with van der Waals surface area (Å²) in [6, 6.07) is 5.08. The zero-order chi connectivity index (χ0) is 20.4. The molecule has 0 aliphatic carbocycles. The molecule has 0 spiro atoms. The molecule has 27 heavy (non-hydrogen) atoms. The Kier molecular flexibility index (Phi) is 6.06. The van der Waals surface area contributed by atoms with E-state index in [0.717, 1.165) is 4.31 Å². The van der Waals surface area contributed by atoms with E-state index in [9.17, 15) is 30.8 Å². The molecular weight excluding hydrogens is 392 g/mol. The fraction of sp³-hybridized carbons (Fsp3) is 0.188. The maximum atomic E-state index is 13.4. The van der Waals surface area contributed by atoms with Crippen LogP contribution in [0, 0.1) is 23.3 Å². The van der Waals surface area contributed by atoms with Gasteiger partial charge in [0.2, 0.25) is 21.7 Å². The van der Waals surface area contributed by atoms with E-state index in [1.807, 2.05) is 0 Å². The van der Waals surface area contributed by atoms with Crippen LogP contribution in [0.25, 0.3) is 0 Å². The standard InChI is InChI=1S/C16H14F4N2O4S/c1-22(2)27(24,25)10-5-3-9(4-6-10)21-13(23)8-26-16-14(19)11(17)7-12(18)15(16)20/h3-7H,8H2,1-2H3,(H,21,23). The molecular formula is C16H14F4N2O4S. The van der Waals surface area contributed by atoms with Crippen LogP contribution in [0.2, 0.25) is 0 Å². The number of nitrogens with zero attached hydrogens (tertiary/aromatic N) is 1. The Labute approximate surface area is 152 Å². The Morgan fingerprint density at radius 2 is 1.56 bits per heavy atom. The average molecular weight is 406 g/mol. The molecule has 0 bridgehead atoms. The van der Waals surface area contributed by atoms with Crippen molar-refractivity contribution in [3.05, 3.63) is 53.6 Å². The molecule has 2 aromatic rings. The van der Waals surface area contributed by atoms with Crippen molar-refractivity contribution in [1.29, 1.82) is 0 Å². The summed E-state index contributed by atoms with van der Waals surface area (Å²) in [6.07, 6.45) is 0. The second-order valence-corrected chi connectivity index (χ2v) is 7.60. The van der Waals surface area contributed by atoms with Crippen LogP contribution < -0.4 is 10.1 Å². The van der Waals surface area contributed by atoms with Crippen LogP contribution >= 0.6 is 0 Å². The Hall–Kier alpha value is -2.66. The first-order valence-corrected chi connectivity index (χ1v) is 8.76. The molecule has 0 saturated heterocycles. The molecule has 2 aromatic carbocycles. The highest BCUT2D eigenvalue weighted by Gasteiger charge is 2.21. The van der Waals surface area contributed by atoms with Crippen molar-refractivity contribution in [3.8, 4) is 5.75 Å². The predicted molar refractivity (Wildman–Crippen MR) is 87.7 cm³/mol. The fourth-order valence-electron chi connectivity index (χ4n) is 1.93. The van der Waals surface area contributed by atoms with E-state index in [4.69, 9.17) is 0 Å². The van der Waals surface area contributed by atoms with Gasteiger partial charge in [-0.25, -0.2) is 21.5 Å². The Bertz CT molecular complexity index is 937. The number of sulfonamides is 1. The van der Waals surface area contributed by atoms with Crippen LogP contribution in [0.4, 0.5) is 23.2 Å². The summed E-state index contributed by atoms with van der Waals surface area (Å²) in [7, 11) is -0.930. The smallest absolute Gasteiger partial charge is 0.262 e. The summed E-state index contributed by atoms with van der Waals surface area (Å²) in [6.45, 7) is -0.936. The number of carbonyl (C=O) groups excluding carboxylic acids is 1. The van der Waals surface area contributed by atoms with Gasteiger partial charge in [0.25, 0.3) is 5.91 Å². The maximum absolute atomic E-state index is 13.4. The number of carbonyl (C=O) groups is 1. The lowest BCUT2D eigenvalue weighted by atomic mass is 10.3. The predicted octanol–water partition coefficient (Wildman–Crippen LogP) is 2.51. The monoisotopic (exact) mass is 406 g/mol. The van der Waals surface area contributed by atoms with E-state index in [1.165, 1.54) is 38.4 Å². The fourth-order valence-corrected chi connectivity index (χ4v) is 2.84. The van der Waals surface area contributed by atoms with E-state index in [0.29, 0.717) is 0 Å². The minimum atomic E-state index is -3.64. The van der Waals surface area contributed by atoms with Crippen LogP contribution in [0.5, 0.6) is 5.75 Å². The minimum Gasteiger partial charge on any atom is -0.477 e. The van der Waals surface area contributed by atoms with Crippen LogP contribution in [0.3, 0.4) is 0 Å². The molecule has 0 aliphatic heterocycles. The number of nitrogens with one attached hydrogen (secondary N) is 1. The normalized spacial score (nSPS) is 11.5. The summed E-state index contributed by atoms with van der Waals surface area (Å²) in [5.41, 5.74) is 0.174. The average Bonchev–Trinajstić information content (AvgIpc) is 2.60. The molecule has 0 aliphatic rings. The molecule has 0 saturated carbocycles. The first-order chi connectivity index (χ1) is 12.5. The van der Waals surface area contributed by atoms with E-state index >= 15 is 0 Å². The molecule has 0 heterocycles. The van der Waals surface area contributed by atoms with Gasteiger partial charge in [-0.1, -0.05) is 0 Å². The van der Waals surface area contributed by atoms with Crippen LogP contribution in [0.1, 0.15) is 0 Å². The van der Waals surface area contributed by atoms with Crippen molar-refractivity contribution < 1.29 is 35.5 Å². The number of amides is 1. The lowest BCUT2D eigenvalue weighted by Crippen LogP contribution is -2.23. The molecule has 6 nitrogen and oxygen atoms in total. The number of benzene rings is 2. The molecule has 1 amide bonds. The van der Waals surface area contributed by atoms with E-state index in [2.05, 4.69) is 10.1 Å². The van der Waals surface area contributed by atoms with Crippen LogP contribution in [-0.4, -0.2) is 39.3 Å². The number of hydrogen-bond acceptors (Lipinski definition) is 4. The number of hydrogen-bond donors (Lipinski definition) is 1. The maximum Gasteiger partial charge on any atom is 0.262 e. The van der Waals surface area contributed by atoms with Gasteiger partial charge in [0.15, 0.2) is 24.0 Å². The Balaban J connectivity index is 2.05. The Morgan fingerprint density at radius 1 is 1.04 bits per heavy atom. The van der Waals surface area contributed by atoms with E-state index < -0.39 is 51.6 Å². The molecule has 0 fully saturated rings. The summed E-state index contributed by atoms with van der Waals surface area (Å²) >= 11 is 0. The third-order valence-electron chi connectivity index (χ3n) is 3.34. The first kappa shape index (κ1) is 20.6. The van der Waals surface area contributed by atoms with E-state index in [1.54, 1.807) is 0 Å². The molecule has 146 valence electrons. The van der Waals surface area contributed by atoms with Crippen molar-refractivity contribution in [2.45, 2.75) is 4.90 Å². The van der Waals surface area contributed by atoms with Gasteiger partial charge in [-0.3, -0.25) is 4.79 Å². The van der Waals surface area contributed by atoms with Crippen molar-refractivity contribution in [1.82, 2.24) is 4.31 Å². The Morgan fingerprint density at radius 3 is 2.04 bits per heavy atom. The number of ether oxygens (including phenoxy) is 1. The second kappa shape index (κ2) is 7.92. The number of halogens is 4. The zero-order valence-corrected chi connectivity index (χ0v) is 14.9. The van der Waals surface area contributed by atoms with Crippen LogP contribution in [0.15, 0.2) is 35.2 Å². The zero-order valence-electron chi connectivity index (χ0n) is 14.1. The summed E-state index contributed by atoms with van der Waals surface area (Å²) in [5, 5.41) is 2.28. The van der Waals surface area contributed by atoms with Crippen molar-refractivity contribution in [2.24, 2.45) is 0 Å². The molecule has 2 rings (SSSR count). The van der Waals surface area contributed by atoms with Gasteiger partial charge in [-0.2, -0.15) is 8.78 Å². The minimum absolute atomic E-state index is 0.0128. The van der Waals surface area contributed by atoms with Crippen molar-refractivity contribution in [3.63, 3.8) is 0 Å². The lowest BCUT2D eigenvalue weighted by molar-refractivity contribution is -0.118. The van der Waals surface area contributed by atoms with Gasteiger partial charge in [-0.15, -0.1) is 0 Å². The molecule has 0 radical (unpaired) electrons. The van der Waals surface area contributed by atoms with Gasteiger partial charge >= 0.3 is 0 Å². The highest BCUT2D eigenvalue weighted by molar-refractivity contribution is 7.89. The molecule has 0 unspecified atom stereocenters. The third-order valence-corrected chi connectivity index (χ3v) is 5.17. The topological polar surface area (TPSA) is 75.7 Å². The van der Waals surface area contributed by atoms with E-state index in [-0.39, 0.29) is 16.6 Å². The van der Waals surface area contributed by atoms with Gasteiger partial charge < -0.3 is 10.1 Å². The highest BCUT2D eigenvalue weighted by atomic mass is 32.2. The molecule has 1 N–H and O–H groups in total. The lowest BCUT2D eigenvalue weighted by Gasteiger charge is -2.12. The van der Waals surface area contributed by atoms with Crippen LogP contribution in [-0.2, 0) is 14.8 Å². The van der Waals surface area contributed by atoms with Crippen molar-refractivity contribution >= 4 is 21.6 Å².